The van der Waals surface area contributed by atoms with Crippen LogP contribution in [0.25, 0.3) is 0 Å². The Kier molecular flexibility index (Phi) is 15.8. The van der Waals surface area contributed by atoms with Crippen LogP contribution in [-0.2, 0) is 34.4 Å². The molecular weight excluding hydrogens is 553 g/mol. The van der Waals surface area contributed by atoms with Crippen LogP contribution in [-0.4, -0.2) is 49.7 Å². The lowest BCUT2D eigenvalue weighted by molar-refractivity contribution is -0.130. The molecule has 1 fully saturated rings. The van der Waals surface area contributed by atoms with E-state index < -0.39 is 25.0 Å². The lowest BCUT2D eigenvalue weighted by Gasteiger charge is -2.27. The van der Waals surface area contributed by atoms with E-state index in [1.54, 1.807) is 13.8 Å². The number of carbonyl (C=O) groups excluding carboxylic acids is 3. The summed E-state index contributed by atoms with van der Waals surface area (Å²) < 4.78 is 23.7. The Morgan fingerprint density at radius 3 is 2.24 bits per heavy atom. The van der Waals surface area contributed by atoms with Crippen molar-refractivity contribution in [1.82, 2.24) is 10.6 Å². The van der Waals surface area contributed by atoms with Crippen molar-refractivity contribution in [2.24, 2.45) is 23.0 Å². The zero-order valence-corrected chi connectivity index (χ0v) is 27.1. The van der Waals surface area contributed by atoms with Gasteiger partial charge in [0.25, 0.3) is 0 Å². The van der Waals surface area contributed by atoms with Gasteiger partial charge in [0.05, 0.1) is 24.8 Å². The van der Waals surface area contributed by atoms with Gasteiger partial charge in [-0.15, -0.1) is 0 Å². The summed E-state index contributed by atoms with van der Waals surface area (Å²) in [4.78, 5) is 38.1. The first-order valence-electron chi connectivity index (χ1n) is 15.8. The number of nitrogens with one attached hydrogen (secondary N) is 2. The molecule has 10 heteroatoms. The number of primary amides is 1. The van der Waals surface area contributed by atoms with Gasteiger partial charge in [0.1, 0.15) is 6.04 Å². The van der Waals surface area contributed by atoms with Crippen molar-refractivity contribution in [2.75, 3.05) is 25.9 Å². The minimum atomic E-state index is -3.12. The van der Waals surface area contributed by atoms with Gasteiger partial charge in [-0.2, -0.15) is 0 Å². The van der Waals surface area contributed by atoms with Crippen LogP contribution in [0, 0.1) is 17.3 Å². The van der Waals surface area contributed by atoms with Crippen molar-refractivity contribution in [3.63, 3.8) is 0 Å². The van der Waals surface area contributed by atoms with Gasteiger partial charge in [0.15, 0.2) is 0 Å². The summed E-state index contributed by atoms with van der Waals surface area (Å²) in [5.74, 6) is -0.547. The molecule has 0 aliphatic carbocycles. The highest BCUT2D eigenvalue weighted by atomic mass is 31.2. The summed E-state index contributed by atoms with van der Waals surface area (Å²) >= 11 is 0. The first-order chi connectivity index (χ1) is 20.0. The van der Waals surface area contributed by atoms with E-state index in [0.29, 0.717) is 58.0 Å². The molecule has 0 aromatic heterocycles. The molecule has 1 aromatic carbocycles. The monoisotopic (exact) mass is 607 g/mol. The number of unbranched alkanes of at least 4 members (excludes halogenated alkanes) is 3. The van der Waals surface area contributed by atoms with Crippen molar-refractivity contribution >= 4 is 25.3 Å². The molecule has 1 aliphatic heterocycles. The van der Waals surface area contributed by atoms with Gasteiger partial charge < -0.3 is 25.4 Å². The van der Waals surface area contributed by atoms with E-state index in [4.69, 9.17) is 14.8 Å². The van der Waals surface area contributed by atoms with E-state index in [-0.39, 0.29) is 23.7 Å². The largest absolute Gasteiger partial charge is 0.368 e. The van der Waals surface area contributed by atoms with Crippen molar-refractivity contribution in [3.8, 4) is 0 Å². The number of rotatable bonds is 22. The Morgan fingerprint density at radius 2 is 1.67 bits per heavy atom. The highest BCUT2D eigenvalue weighted by Gasteiger charge is 2.41. The number of carbonyl (C=O) groups is 3. The van der Waals surface area contributed by atoms with E-state index in [1.165, 1.54) is 0 Å². The maximum absolute atomic E-state index is 13.3. The predicted octanol–water partition coefficient (Wildman–Crippen LogP) is 5.75. The number of hydrogen-bond acceptors (Lipinski definition) is 6. The quantitative estimate of drug-likeness (QED) is 0.113. The standard InChI is InChI=1S/C32H54N3O6P/c1-5-40-42(39,41-6-2)22-14-19-32(20-21-34-31(32)38)18-13-8-7-12-17-27(24-26-15-10-9-11-16-26)30(37)35-28(29(33)36)23-25(3)4/h9-11,15-16,25,27-28H,5-8,12-14,17-24H2,1-4H3,(H2,33,36)(H,34,38)(H,35,37). The predicted molar refractivity (Wildman–Crippen MR) is 167 cm³/mol. The average Bonchev–Trinajstić information content (AvgIpc) is 3.29. The smallest absolute Gasteiger partial charge is 0.330 e. The number of amides is 3. The molecule has 0 bridgehead atoms. The minimum Gasteiger partial charge on any atom is -0.368 e. The molecule has 1 aromatic rings. The van der Waals surface area contributed by atoms with Crippen LogP contribution in [0.3, 0.4) is 0 Å². The third-order valence-corrected chi connectivity index (χ3v) is 10.3. The molecule has 0 spiro atoms. The first kappa shape index (κ1) is 36.0. The van der Waals surface area contributed by atoms with Crippen LogP contribution in [0.1, 0.15) is 97.5 Å². The lowest BCUT2D eigenvalue weighted by atomic mass is 9.77. The molecule has 1 aliphatic rings. The third-order valence-electron chi connectivity index (χ3n) is 8.13. The van der Waals surface area contributed by atoms with Crippen molar-refractivity contribution in [3.05, 3.63) is 35.9 Å². The SMILES string of the molecule is CCOP(=O)(CCCC1(CCCCCCC(Cc2ccccc2)C(=O)NC(CC(C)C)C(N)=O)CCNC1=O)OCC. The number of nitrogens with two attached hydrogens (primary N) is 1. The zero-order valence-electron chi connectivity index (χ0n) is 26.2. The van der Waals surface area contributed by atoms with E-state index in [9.17, 15) is 18.9 Å². The second-order valence-corrected chi connectivity index (χ2v) is 14.2. The Morgan fingerprint density at radius 1 is 1.02 bits per heavy atom. The van der Waals surface area contributed by atoms with Crippen LogP contribution < -0.4 is 16.4 Å². The summed E-state index contributed by atoms with van der Waals surface area (Å²) in [7, 11) is -3.12. The van der Waals surface area contributed by atoms with Gasteiger partial charge in [-0.1, -0.05) is 69.9 Å². The molecule has 3 amide bonds. The molecule has 2 rings (SSSR count). The molecule has 42 heavy (non-hydrogen) atoms. The molecule has 3 unspecified atom stereocenters. The lowest BCUT2D eigenvalue weighted by Crippen LogP contribution is -2.47. The number of hydrogen-bond donors (Lipinski definition) is 3. The Labute approximate surface area is 253 Å². The fraction of sp³-hybridized carbons (Fsp3) is 0.719. The van der Waals surface area contributed by atoms with Crippen molar-refractivity contribution in [1.29, 1.82) is 0 Å². The topological polar surface area (TPSA) is 137 Å². The van der Waals surface area contributed by atoms with Crippen molar-refractivity contribution in [2.45, 2.75) is 104 Å². The third kappa shape index (κ3) is 12.2. The normalized spacial score (nSPS) is 18.5. The molecule has 238 valence electrons. The van der Waals surface area contributed by atoms with Gasteiger partial charge >= 0.3 is 7.60 Å². The number of benzene rings is 1. The highest BCUT2D eigenvalue weighted by molar-refractivity contribution is 7.53. The van der Waals surface area contributed by atoms with Gasteiger partial charge in [0.2, 0.25) is 17.7 Å². The van der Waals surface area contributed by atoms with Crippen LogP contribution in [0.15, 0.2) is 30.3 Å². The van der Waals surface area contributed by atoms with Gasteiger partial charge in [-0.25, -0.2) is 0 Å². The van der Waals surface area contributed by atoms with Gasteiger partial charge in [0, 0.05) is 12.5 Å². The van der Waals surface area contributed by atoms with Gasteiger partial charge in [-0.05, 0) is 70.3 Å². The summed E-state index contributed by atoms with van der Waals surface area (Å²) in [6.45, 7) is 8.96. The second-order valence-electron chi connectivity index (χ2n) is 12.0. The van der Waals surface area contributed by atoms with E-state index in [1.807, 2.05) is 44.2 Å². The Hall–Kier alpha value is -2.22. The summed E-state index contributed by atoms with van der Waals surface area (Å²) in [5, 5.41) is 5.92. The molecule has 3 atom stereocenters. The Balaban J connectivity index is 1.90. The highest BCUT2D eigenvalue weighted by Crippen LogP contribution is 2.50. The molecule has 0 saturated carbocycles. The van der Waals surface area contributed by atoms with Crippen molar-refractivity contribution < 1.29 is 28.0 Å². The fourth-order valence-corrected chi connectivity index (χ4v) is 7.59. The van der Waals surface area contributed by atoms with Crippen LogP contribution >= 0.6 is 7.60 Å². The minimum absolute atomic E-state index is 0.0927. The van der Waals surface area contributed by atoms with E-state index in [0.717, 1.165) is 44.1 Å². The van der Waals surface area contributed by atoms with Crippen LogP contribution in [0.2, 0.25) is 0 Å². The van der Waals surface area contributed by atoms with Crippen LogP contribution in [0.4, 0.5) is 0 Å². The molecule has 4 N–H and O–H groups in total. The summed E-state index contributed by atoms with van der Waals surface area (Å²) in [5.41, 5.74) is 6.24. The molecule has 9 nitrogen and oxygen atoms in total. The molecule has 0 radical (unpaired) electrons. The maximum Gasteiger partial charge on any atom is 0.330 e. The van der Waals surface area contributed by atoms with E-state index >= 15 is 0 Å². The molecule has 1 saturated heterocycles. The molecule has 1 heterocycles. The first-order valence-corrected chi connectivity index (χ1v) is 17.6. The van der Waals surface area contributed by atoms with E-state index in [2.05, 4.69) is 10.6 Å². The second kappa shape index (κ2) is 18.4. The summed E-state index contributed by atoms with van der Waals surface area (Å²) in [6.07, 6.45) is 8.71. The maximum atomic E-state index is 13.3. The Bertz CT molecular complexity index is 1010. The zero-order chi connectivity index (χ0) is 31.0. The van der Waals surface area contributed by atoms with Crippen LogP contribution in [0.5, 0.6) is 0 Å². The fourth-order valence-electron chi connectivity index (χ4n) is 5.93. The summed E-state index contributed by atoms with van der Waals surface area (Å²) in [6, 6.07) is 9.27. The van der Waals surface area contributed by atoms with Gasteiger partial charge in [-0.3, -0.25) is 18.9 Å². The average molecular weight is 608 g/mol. The molecular formula is C32H54N3O6P.